The van der Waals surface area contributed by atoms with Gasteiger partial charge in [-0.25, -0.2) is 0 Å². The molecule has 4 nitrogen and oxygen atoms in total. The second kappa shape index (κ2) is 9.06. The molecule has 0 aliphatic carbocycles. The second-order valence-corrected chi connectivity index (χ2v) is 6.32. The number of carbonyl (C=O) groups is 2. The molecule has 1 heterocycles. The summed E-state index contributed by atoms with van der Waals surface area (Å²) in [7, 11) is 1.31. The minimum Gasteiger partial charge on any atom is -0.468 e. The van der Waals surface area contributed by atoms with Crippen molar-refractivity contribution < 1.29 is 19.1 Å². The predicted molar refractivity (Wildman–Crippen MR) is 81.8 cm³/mol. The summed E-state index contributed by atoms with van der Waals surface area (Å²) in [5.74, 6) is -0.912. The standard InChI is InChI=1S/C17H30O4/c1-4-5-6-7-8-9-10-11-12-14-13-17(2,15(18)20-3)16(19)21-14/h14H,4-13H2,1-3H3/t14-,17-/m0/s1. The molecule has 1 rings (SSSR count). The molecule has 0 aromatic carbocycles. The number of unbranched alkanes of at least 4 members (excludes halogenated alkanes) is 7. The van der Waals surface area contributed by atoms with Crippen molar-refractivity contribution in [1.82, 2.24) is 0 Å². The fraction of sp³-hybridized carbons (Fsp3) is 0.882. The zero-order valence-corrected chi connectivity index (χ0v) is 13.8. The number of carbonyl (C=O) groups excluding carboxylic acids is 2. The first kappa shape index (κ1) is 18.0. The summed E-state index contributed by atoms with van der Waals surface area (Å²) in [6.07, 6.45) is 11.3. The van der Waals surface area contributed by atoms with Crippen LogP contribution < -0.4 is 0 Å². The Morgan fingerprint density at radius 3 is 2.33 bits per heavy atom. The Kier molecular flexibility index (Phi) is 7.76. The predicted octanol–water partition coefficient (Wildman–Crippen LogP) is 4.01. The largest absolute Gasteiger partial charge is 0.468 e. The third kappa shape index (κ3) is 5.33. The van der Waals surface area contributed by atoms with Gasteiger partial charge in [0.1, 0.15) is 6.10 Å². The third-order valence-electron chi connectivity index (χ3n) is 4.38. The number of ether oxygens (including phenoxy) is 2. The highest BCUT2D eigenvalue weighted by Crippen LogP contribution is 2.36. The van der Waals surface area contributed by atoms with Gasteiger partial charge in [-0.2, -0.15) is 0 Å². The fourth-order valence-electron chi connectivity index (χ4n) is 2.92. The first-order valence-electron chi connectivity index (χ1n) is 8.34. The summed E-state index contributed by atoms with van der Waals surface area (Å²) in [6.45, 7) is 3.85. The van der Waals surface area contributed by atoms with Gasteiger partial charge in [-0.1, -0.05) is 51.9 Å². The molecule has 0 unspecified atom stereocenters. The monoisotopic (exact) mass is 298 g/mol. The van der Waals surface area contributed by atoms with Gasteiger partial charge < -0.3 is 9.47 Å². The van der Waals surface area contributed by atoms with Gasteiger partial charge in [0.25, 0.3) is 0 Å². The van der Waals surface area contributed by atoms with Crippen molar-refractivity contribution in [2.45, 2.75) is 84.2 Å². The molecule has 122 valence electrons. The number of hydrogen-bond donors (Lipinski definition) is 0. The molecule has 4 heteroatoms. The molecular weight excluding hydrogens is 268 g/mol. The van der Waals surface area contributed by atoms with Crippen LogP contribution in [0.15, 0.2) is 0 Å². The van der Waals surface area contributed by atoms with Crippen LogP contribution in [0.2, 0.25) is 0 Å². The molecule has 0 aromatic rings. The maximum Gasteiger partial charge on any atom is 0.323 e. The van der Waals surface area contributed by atoms with Crippen molar-refractivity contribution in [2.75, 3.05) is 7.11 Å². The van der Waals surface area contributed by atoms with Gasteiger partial charge in [0.2, 0.25) is 0 Å². The average Bonchev–Trinajstić information content (AvgIpc) is 2.77. The molecule has 1 fully saturated rings. The van der Waals surface area contributed by atoms with Gasteiger partial charge in [0.05, 0.1) is 7.11 Å². The van der Waals surface area contributed by atoms with Gasteiger partial charge in [-0.15, -0.1) is 0 Å². The average molecular weight is 298 g/mol. The topological polar surface area (TPSA) is 52.6 Å². The molecule has 0 N–H and O–H groups in total. The zero-order chi connectivity index (χ0) is 15.7. The molecular formula is C17H30O4. The van der Waals surface area contributed by atoms with Crippen LogP contribution in [0.5, 0.6) is 0 Å². The van der Waals surface area contributed by atoms with E-state index in [1.807, 2.05) is 0 Å². The van der Waals surface area contributed by atoms with E-state index in [2.05, 4.69) is 6.92 Å². The number of hydrogen-bond acceptors (Lipinski definition) is 4. The van der Waals surface area contributed by atoms with E-state index < -0.39 is 17.4 Å². The van der Waals surface area contributed by atoms with E-state index in [1.54, 1.807) is 6.92 Å². The molecule has 0 saturated carbocycles. The summed E-state index contributed by atoms with van der Waals surface area (Å²) in [5, 5.41) is 0. The number of esters is 2. The van der Waals surface area contributed by atoms with Crippen LogP contribution in [-0.4, -0.2) is 25.2 Å². The highest BCUT2D eigenvalue weighted by atomic mass is 16.6. The third-order valence-corrected chi connectivity index (χ3v) is 4.38. The van der Waals surface area contributed by atoms with Gasteiger partial charge >= 0.3 is 11.9 Å². The molecule has 0 bridgehead atoms. The number of cyclic esters (lactones) is 1. The van der Waals surface area contributed by atoms with Crippen LogP contribution in [0.3, 0.4) is 0 Å². The summed E-state index contributed by atoms with van der Waals surface area (Å²) in [6, 6.07) is 0. The lowest BCUT2D eigenvalue weighted by Crippen LogP contribution is -2.33. The van der Waals surface area contributed by atoms with Crippen LogP contribution in [0.4, 0.5) is 0 Å². The van der Waals surface area contributed by atoms with Gasteiger partial charge in [0, 0.05) is 6.42 Å². The molecule has 0 spiro atoms. The Labute approximate surface area is 128 Å². The van der Waals surface area contributed by atoms with Crippen LogP contribution in [-0.2, 0) is 19.1 Å². The van der Waals surface area contributed by atoms with E-state index in [-0.39, 0.29) is 6.10 Å². The lowest BCUT2D eigenvalue weighted by atomic mass is 9.86. The van der Waals surface area contributed by atoms with E-state index >= 15 is 0 Å². The minimum absolute atomic E-state index is 0.123. The Bertz CT molecular complexity index is 340. The van der Waals surface area contributed by atoms with Crippen molar-refractivity contribution in [3.05, 3.63) is 0 Å². The minimum atomic E-state index is -1.10. The Morgan fingerprint density at radius 1 is 1.19 bits per heavy atom. The summed E-state index contributed by atoms with van der Waals surface area (Å²) < 4.78 is 10.0. The van der Waals surface area contributed by atoms with Gasteiger partial charge in [0.15, 0.2) is 5.41 Å². The lowest BCUT2D eigenvalue weighted by molar-refractivity contribution is -0.162. The quantitative estimate of drug-likeness (QED) is 0.347. The summed E-state index contributed by atoms with van der Waals surface area (Å²) >= 11 is 0. The highest BCUT2D eigenvalue weighted by Gasteiger charge is 2.51. The normalized spacial score (nSPS) is 24.9. The SMILES string of the molecule is CCCCCCCCCC[C@H]1C[C@@](C)(C(=O)OC)C(=O)O1. The van der Waals surface area contributed by atoms with Crippen LogP contribution >= 0.6 is 0 Å². The van der Waals surface area contributed by atoms with Crippen molar-refractivity contribution in [3.63, 3.8) is 0 Å². The molecule has 1 aliphatic heterocycles. The van der Waals surface area contributed by atoms with Crippen molar-refractivity contribution in [2.24, 2.45) is 5.41 Å². The Morgan fingerprint density at radius 2 is 1.76 bits per heavy atom. The maximum atomic E-state index is 11.8. The second-order valence-electron chi connectivity index (χ2n) is 6.32. The van der Waals surface area contributed by atoms with Crippen molar-refractivity contribution in [3.8, 4) is 0 Å². The van der Waals surface area contributed by atoms with Crippen LogP contribution in [0, 0.1) is 5.41 Å². The van der Waals surface area contributed by atoms with Crippen molar-refractivity contribution >= 4 is 11.9 Å². The smallest absolute Gasteiger partial charge is 0.323 e. The zero-order valence-electron chi connectivity index (χ0n) is 13.8. The molecule has 1 aliphatic rings. The fourth-order valence-corrected chi connectivity index (χ4v) is 2.92. The Hall–Kier alpha value is -1.06. The number of rotatable bonds is 10. The Balaban J connectivity index is 2.15. The molecule has 2 atom stereocenters. The lowest BCUT2D eigenvalue weighted by Gasteiger charge is -2.15. The summed E-state index contributed by atoms with van der Waals surface area (Å²) in [5.41, 5.74) is -1.10. The van der Waals surface area contributed by atoms with E-state index in [9.17, 15) is 9.59 Å². The summed E-state index contributed by atoms with van der Waals surface area (Å²) in [4.78, 5) is 23.5. The van der Waals surface area contributed by atoms with Gasteiger partial charge in [-0.05, 0) is 19.8 Å². The van der Waals surface area contributed by atoms with Gasteiger partial charge in [-0.3, -0.25) is 9.59 Å². The van der Waals surface area contributed by atoms with E-state index in [0.29, 0.717) is 6.42 Å². The van der Waals surface area contributed by atoms with E-state index in [0.717, 1.165) is 12.8 Å². The van der Waals surface area contributed by atoms with Crippen LogP contribution in [0.25, 0.3) is 0 Å². The number of methoxy groups -OCH3 is 1. The van der Waals surface area contributed by atoms with E-state index in [4.69, 9.17) is 9.47 Å². The van der Waals surface area contributed by atoms with Crippen LogP contribution in [0.1, 0.15) is 78.1 Å². The molecule has 0 radical (unpaired) electrons. The molecule has 0 aromatic heterocycles. The molecule has 0 amide bonds. The van der Waals surface area contributed by atoms with Crippen molar-refractivity contribution in [1.29, 1.82) is 0 Å². The molecule has 1 saturated heterocycles. The maximum absolute atomic E-state index is 11.8. The van der Waals surface area contributed by atoms with E-state index in [1.165, 1.54) is 52.1 Å². The first-order chi connectivity index (χ1) is 10.0. The first-order valence-corrected chi connectivity index (χ1v) is 8.34. The highest BCUT2D eigenvalue weighted by molar-refractivity contribution is 6.00. The molecule has 21 heavy (non-hydrogen) atoms.